The third-order valence-corrected chi connectivity index (χ3v) is 3.52. The average Bonchev–Trinajstić information content (AvgIpc) is 2.76. The first-order chi connectivity index (χ1) is 8.66. The first-order valence-corrected chi connectivity index (χ1v) is 6.49. The molecule has 0 unspecified atom stereocenters. The van der Waals surface area contributed by atoms with Crippen LogP contribution in [0.2, 0.25) is 0 Å². The quantitative estimate of drug-likeness (QED) is 0.667. The largest absolute Gasteiger partial charge is 0.271 e. The number of carbonyl (C=O) groups excluding carboxylic acids is 1. The lowest BCUT2D eigenvalue weighted by atomic mass is 10.1. The van der Waals surface area contributed by atoms with Crippen molar-refractivity contribution in [3.63, 3.8) is 0 Å². The monoisotopic (exact) mass is 258 g/mol. The van der Waals surface area contributed by atoms with Gasteiger partial charge in [0.1, 0.15) is 0 Å². The Morgan fingerprint density at radius 1 is 1.22 bits per heavy atom. The zero-order valence-electron chi connectivity index (χ0n) is 10.3. The van der Waals surface area contributed by atoms with E-state index in [-0.39, 0.29) is 5.91 Å². The van der Waals surface area contributed by atoms with Crippen molar-refractivity contribution in [2.24, 2.45) is 5.10 Å². The third kappa shape index (κ3) is 3.05. The van der Waals surface area contributed by atoms with Crippen LogP contribution in [0.1, 0.15) is 26.4 Å². The molecular formula is C14H14N2OS. The van der Waals surface area contributed by atoms with Crippen LogP contribution < -0.4 is 5.43 Å². The normalized spacial score (nSPS) is 10.8. The lowest BCUT2D eigenvalue weighted by Gasteiger charge is -1.99. The van der Waals surface area contributed by atoms with Crippen molar-refractivity contribution in [2.75, 3.05) is 0 Å². The molecule has 0 radical (unpaired) electrons. The number of rotatable bonds is 3. The minimum Gasteiger partial charge on any atom is -0.267 e. The highest BCUT2D eigenvalue weighted by atomic mass is 32.1. The van der Waals surface area contributed by atoms with Gasteiger partial charge in [-0.3, -0.25) is 4.79 Å². The highest BCUT2D eigenvalue weighted by molar-refractivity contribution is 7.11. The Bertz CT molecular complexity index is 570. The van der Waals surface area contributed by atoms with Crippen LogP contribution in [0.15, 0.2) is 40.8 Å². The molecule has 1 aromatic heterocycles. The number of hydrazone groups is 1. The topological polar surface area (TPSA) is 41.5 Å². The zero-order valence-corrected chi connectivity index (χ0v) is 11.1. The zero-order chi connectivity index (χ0) is 13.0. The van der Waals surface area contributed by atoms with Crippen molar-refractivity contribution in [1.82, 2.24) is 5.43 Å². The second kappa shape index (κ2) is 5.60. The van der Waals surface area contributed by atoms with Crippen LogP contribution >= 0.6 is 11.3 Å². The van der Waals surface area contributed by atoms with Gasteiger partial charge in [-0.05, 0) is 43.0 Å². The van der Waals surface area contributed by atoms with Crippen LogP contribution in [-0.4, -0.2) is 12.1 Å². The van der Waals surface area contributed by atoms with E-state index in [1.54, 1.807) is 29.7 Å². The fourth-order valence-electron chi connectivity index (χ4n) is 1.44. The van der Waals surface area contributed by atoms with Gasteiger partial charge in [0.15, 0.2) is 0 Å². The molecule has 1 aromatic carbocycles. The summed E-state index contributed by atoms with van der Waals surface area (Å²) in [4.78, 5) is 12.8. The number of amides is 1. The number of nitrogens with one attached hydrogen (secondary N) is 1. The lowest BCUT2D eigenvalue weighted by Crippen LogP contribution is -2.17. The molecule has 0 aliphatic heterocycles. The molecule has 3 nitrogen and oxygen atoms in total. The van der Waals surface area contributed by atoms with Gasteiger partial charge in [0.25, 0.3) is 5.91 Å². The SMILES string of the molecule is Cc1ccc(C(=O)N/N=C\c2sccc2C)cc1. The third-order valence-electron chi connectivity index (χ3n) is 2.56. The van der Waals surface area contributed by atoms with E-state index in [0.29, 0.717) is 5.56 Å². The fraction of sp³-hybridized carbons (Fsp3) is 0.143. The van der Waals surface area contributed by atoms with E-state index in [1.165, 1.54) is 0 Å². The summed E-state index contributed by atoms with van der Waals surface area (Å²) in [6.07, 6.45) is 1.67. The summed E-state index contributed by atoms with van der Waals surface area (Å²) in [7, 11) is 0. The van der Waals surface area contributed by atoms with Crippen LogP contribution in [0.25, 0.3) is 0 Å². The van der Waals surface area contributed by atoms with Crippen molar-refractivity contribution in [1.29, 1.82) is 0 Å². The first-order valence-electron chi connectivity index (χ1n) is 5.61. The number of hydrogen-bond acceptors (Lipinski definition) is 3. The maximum absolute atomic E-state index is 11.7. The van der Waals surface area contributed by atoms with E-state index >= 15 is 0 Å². The Kier molecular flexibility index (Phi) is 3.89. The Balaban J connectivity index is 1.98. The van der Waals surface area contributed by atoms with Crippen molar-refractivity contribution in [3.05, 3.63) is 57.3 Å². The number of hydrogen-bond donors (Lipinski definition) is 1. The molecule has 4 heteroatoms. The van der Waals surface area contributed by atoms with Gasteiger partial charge in [0.2, 0.25) is 0 Å². The van der Waals surface area contributed by atoms with Gasteiger partial charge in [-0.1, -0.05) is 17.7 Å². The smallest absolute Gasteiger partial charge is 0.267 e. The van der Waals surface area contributed by atoms with Gasteiger partial charge in [0, 0.05) is 10.4 Å². The minimum absolute atomic E-state index is 0.194. The standard InChI is InChI=1S/C14H14N2OS/c1-10-3-5-12(6-4-10)14(17)16-15-9-13-11(2)7-8-18-13/h3-9H,1-2H3,(H,16,17)/b15-9-. The van der Waals surface area contributed by atoms with Gasteiger partial charge in [-0.15, -0.1) is 11.3 Å². The molecule has 1 N–H and O–H groups in total. The van der Waals surface area contributed by atoms with E-state index < -0.39 is 0 Å². The summed E-state index contributed by atoms with van der Waals surface area (Å²) in [5, 5.41) is 5.96. The molecule has 0 aliphatic carbocycles. The van der Waals surface area contributed by atoms with Gasteiger partial charge in [0.05, 0.1) is 6.21 Å². The highest BCUT2D eigenvalue weighted by Gasteiger charge is 2.02. The molecule has 0 spiro atoms. The van der Waals surface area contributed by atoms with Crippen molar-refractivity contribution < 1.29 is 4.79 Å². The Labute approximate surface area is 110 Å². The van der Waals surface area contributed by atoms with Crippen LogP contribution in [0.5, 0.6) is 0 Å². The van der Waals surface area contributed by atoms with Gasteiger partial charge >= 0.3 is 0 Å². The maximum atomic E-state index is 11.7. The van der Waals surface area contributed by atoms with E-state index in [2.05, 4.69) is 10.5 Å². The molecule has 0 bridgehead atoms. The van der Waals surface area contributed by atoms with Crippen molar-refractivity contribution >= 4 is 23.5 Å². The Morgan fingerprint density at radius 2 is 1.94 bits per heavy atom. The van der Waals surface area contributed by atoms with Gasteiger partial charge < -0.3 is 0 Å². The summed E-state index contributed by atoms with van der Waals surface area (Å²) >= 11 is 1.60. The van der Waals surface area contributed by atoms with E-state index in [0.717, 1.165) is 16.0 Å². The summed E-state index contributed by atoms with van der Waals surface area (Å²) in [6, 6.07) is 9.41. The number of benzene rings is 1. The van der Waals surface area contributed by atoms with Gasteiger partial charge in [-0.25, -0.2) is 5.43 Å². The second-order valence-corrected chi connectivity index (χ2v) is 4.98. The molecule has 0 fully saturated rings. The molecule has 1 heterocycles. The molecule has 0 saturated heterocycles. The Morgan fingerprint density at radius 3 is 2.56 bits per heavy atom. The summed E-state index contributed by atoms with van der Waals surface area (Å²) in [6.45, 7) is 4.00. The number of aryl methyl sites for hydroxylation is 2. The summed E-state index contributed by atoms with van der Waals surface area (Å²) in [5.74, 6) is -0.194. The second-order valence-electron chi connectivity index (χ2n) is 4.03. The molecule has 0 saturated carbocycles. The molecule has 0 aliphatic rings. The van der Waals surface area contributed by atoms with E-state index in [4.69, 9.17) is 0 Å². The first kappa shape index (κ1) is 12.5. The van der Waals surface area contributed by atoms with E-state index in [9.17, 15) is 4.79 Å². The number of nitrogens with zero attached hydrogens (tertiary/aromatic N) is 1. The predicted molar refractivity (Wildman–Crippen MR) is 75.3 cm³/mol. The molecule has 2 aromatic rings. The van der Waals surface area contributed by atoms with Crippen molar-refractivity contribution in [3.8, 4) is 0 Å². The minimum atomic E-state index is -0.194. The summed E-state index contributed by atoms with van der Waals surface area (Å²) in [5.41, 5.74) is 5.42. The molecule has 2 rings (SSSR count). The summed E-state index contributed by atoms with van der Waals surface area (Å²) < 4.78 is 0. The predicted octanol–water partition coefficient (Wildman–Crippen LogP) is 3.13. The molecule has 92 valence electrons. The molecule has 1 amide bonds. The highest BCUT2D eigenvalue weighted by Crippen LogP contribution is 2.12. The van der Waals surface area contributed by atoms with Crippen LogP contribution in [-0.2, 0) is 0 Å². The Hall–Kier alpha value is -1.94. The molecular weight excluding hydrogens is 244 g/mol. The number of carbonyl (C=O) groups is 1. The van der Waals surface area contributed by atoms with E-state index in [1.807, 2.05) is 37.4 Å². The van der Waals surface area contributed by atoms with Gasteiger partial charge in [-0.2, -0.15) is 5.10 Å². The maximum Gasteiger partial charge on any atom is 0.271 e. The van der Waals surface area contributed by atoms with Crippen LogP contribution in [0.4, 0.5) is 0 Å². The van der Waals surface area contributed by atoms with Crippen LogP contribution in [0, 0.1) is 13.8 Å². The molecule has 18 heavy (non-hydrogen) atoms. The lowest BCUT2D eigenvalue weighted by molar-refractivity contribution is 0.0955. The van der Waals surface area contributed by atoms with Crippen molar-refractivity contribution in [2.45, 2.75) is 13.8 Å². The molecule has 0 atom stereocenters. The van der Waals surface area contributed by atoms with Crippen LogP contribution in [0.3, 0.4) is 0 Å². The number of thiophene rings is 1. The average molecular weight is 258 g/mol. The fourth-order valence-corrected chi connectivity index (χ4v) is 2.22.